The van der Waals surface area contributed by atoms with Crippen LogP contribution in [0.2, 0.25) is 0 Å². The second-order valence-electron chi connectivity index (χ2n) is 7.34. The number of halogens is 1. The third-order valence-electron chi connectivity index (χ3n) is 4.90. The van der Waals surface area contributed by atoms with Crippen molar-refractivity contribution in [2.75, 3.05) is 37.0 Å². The highest BCUT2D eigenvalue weighted by Crippen LogP contribution is 2.21. The molecule has 1 aromatic carbocycles. The van der Waals surface area contributed by atoms with E-state index < -0.39 is 9.84 Å². The molecule has 156 valence electrons. The highest BCUT2D eigenvalue weighted by Gasteiger charge is 2.36. The summed E-state index contributed by atoms with van der Waals surface area (Å²) in [6.07, 6.45) is 1.17. The molecule has 1 aromatic rings. The number of rotatable bonds is 8. The van der Waals surface area contributed by atoms with E-state index in [2.05, 4.69) is 5.32 Å². The molecular weight excluding hydrogens is 385 g/mol. The first-order valence-electron chi connectivity index (χ1n) is 9.37. The minimum atomic E-state index is -3.10. The van der Waals surface area contributed by atoms with E-state index in [0.29, 0.717) is 12.1 Å². The first-order chi connectivity index (χ1) is 13.1. The van der Waals surface area contributed by atoms with Crippen LogP contribution in [0, 0.1) is 5.82 Å². The molecule has 7 nitrogen and oxygen atoms in total. The van der Waals surface area contributed by atoms with Crippen molar-refractivity contribution in [1.82, 2.24) is 9.80 Å². The number of benzene rings is 1. The summed E-state index contributed by atoms with van der Waals surface area (Å²) in [7, 11) is -1.44. The van der Waals surface area contributed by atoms with Crippen molar-refractivity contribution >= 4 is 27.3 Å². The molecule has 1 saturated heterocycles. The van der Waals surface area contributed by atoms with E-state index in [1.165, 1.54) is 24.3 Å². The van der Waals surface area contributed by atoms with Crippen LogP contribution in [0.15, 0.2) is 24.3 Å². The number of nitrogens with zero attached hydrogens (tertiary/aromatic N) is 2. The monoisotopic (exact) mass is 413 g/mol. The zero-order valence-corrected chi connectivity index (χ0v) is 17.3. The molecule has 1 fully saturated rings. The largest absolute Gasteiger partial charge is 0.335 e. The zero-order chi connectivity index (χ0) is 20.9. The van der Waals surface area contributed by atoms with Crippen molar-refractivity contribution in [3.05, 3.63) is 30.1 Å². The molecule has 0 aliphatic carbocycles. The summed E-state index contributed by atoms with van der Waals surface area (Å²) in [6, 6.07) is 5.04. The van der Waals surface area contributed by atoms with Crippen LogP contribution in [-0.2, 0) is 19.4 Å². The van der Waals surface area contributed by atoms with Gasteiger partial charge in [0.05, 0.1) is 24.6 Å². The molecule has 1 aliphatic rings. The quantitative estimate of drug-likeness (QED) is 0.698. The molecule has 1 aliphatic heterocycles. The molecule has 2 amide bonds. The first kappa shape index (κ1) is 22.3. The lowest BCUT2D eigenvalue weighted by Gasteiger charge is -2.34. The summed E-state index contributed by atoms with van der Waals surface area (Å²) in [5.74, 6) is -0.792. The number of anilines is 1. The van der Waals surface area contributed by atoms with Crippen LogP contribution in [0.1, 0.15) is 26.7 Å². The fourth-order valence-corrected chi connectivity index (χ4v) is 5.06. The van der Waals surface area contributed by atoms with Crippen LogP contribution in [0.25, 0.3) is 0 Å². The van der Waals surface area contributed by atoms with Crippen LogP contribution in [-0.4, -0.2) is 73.8 Å². The topological polar surface area (TPSA) is 86.8 Å². The molecule has 9 heteroatoms. The molecule has 0 aromatic heterocycles. The van der Waals surface area contributed by atoms with Crippen LogP contribution in [0.3, 0.4) is 0 Å². The van der Waals surface area contributed by atoms with Gasteiger partial charge in [0, 0.05) is 17.8 Å². The maximum absolute atomic E-state index is 12.9. The standard InChI is InChI=1S/C19H28FN3O4S/c1-4-14(2)23(17-9-10-28(26,27)13-17)19(25)12-22(3)11-18(24)21-16-7-5-15(20)6-8-16/h5-8,14,17H,4,9-13H2,1-3H3,(H,21,24)/t14-,17+/m0/s1. The minimum absolute atomic E-state index is 0.00214. The van der Waals surface area contributed by atoms with Gasteiger partial charge >= 0.3 is 0 Å². The first-order valence-corrected chi connectivity index (χ1v) is 11.2. The average Bonchev–Trinajstić information content (AvgIpc) is 2.96. The zero-order valence-electron chi connectivity index (χ0n) is 16.5. The van der Waals surface area contributed by atoms with E-state index in [1.807, 2.05) is 13.8 Å². The van der Waals surface area contributed by atoms with Gasteiger partial charge in [0.1, 0.15) is 5.82 Å². The van der Waals surface area contributed by atoms with Crippen LogP contribution in [0.5, 0.6) is 0 Å². The highest BCUT2D eigenvalue weighted by molar-refractivity contribution is 7.91. The molecule has 28 heavy (non-hydrogen) atoms. The number of carbonyl (C=O) groups excluding carboxylic acids is 2. The molecule has 0 bridgehead atoms. The Kier molecular flexibility index (Phi) is 7.54. The average molecular weight is 414 g/mol. The summed E-state index contributed by atoms with van der Waals surface area (Å²) >= 11 is 0. The van der Waals surface area contributed by atoms with Gasteiger partial charge in [0.15, 0.2) is 9.84 Å². The molecule has 0 spiro atoms. The molecule has 0 radical (unpaired) electrons. The number of likely N-dealkylation sites (N-methyl/N-ethyl adjacent to an activating group) is 1. The van der Waals surface area contributed by atoms with Gasteiger partial charge in [-0.1, -0.05) is 6.92 Å². The van der Waals surface area contributed by atoms with Gasteiger partial charge in [-0.3, -0.25) is 14.5 Å². The Morgan fingerprint density at radius 3 is 2.43 bits per heavy atom. The summed E-state index contributed by atoms with van der Waals surface area (Å²) < 4.78 is 36.6. The normalized spacial score (nSPS) is 19.4. The lowest BCUT2D eigenvalue weighted by Crippen LogP contribution is -2.50. The molecule has 1 N–H and O–H groups in total. The van der Waals surface area contributed by atoms with Crippen molar-refractivity contribution < 1.29 is 22.4 Å². The van der Waals surface area contributed by atoms with E-state index in [9.17, 15) is 22.4 Å². The van der Waals surface area contributed by atoms with E-state index in [-0.39, 0.29) is 54.3 Å². The smallest absolute Gasteiger partial charge is 0.238 e. The number of hydrogen-bond donors (Lipinski definition) is 1. The number of nitrogens with one attached hydrogen (secondary N) is 1. The maximum Gasteiger partial charge on any atom is 0.238 e. The van der Waals surface area contributed by atoms with Gasteiger partial charge < -0.3 is 10.2 Å². The van der Waals surface area contributed by atoms with Crippen molar-refractivity contribution in [1.29, 1.82) is 0 Å². The summed E-state index contributed by atoms with van der Waals surface area (Å²) in [6.45, 7) is 3.86. The molecule has 0 saturated carbocycles. The number of amides is 2. The van der Waals surface area contributed by atoms with Crippen molar-refractivity contribution in [2.45, 2.75) is 38.8 Å². The fraction of sp³-hybridized carbons (Fsp3) is 0.579. The third-order valence-corrected chi connectivity index (χ3v) is 6.65. The molecular formula is C19H28FN3O4S. The van der Waals surface area contributed by atoms with Gasteiger partial charge in [0.2, 0.25) is 11.8 Å². The molecule has 2 atom stereocenters. The molecule has 1 heterocycles. The number of hydrogen-bond acceptors (Lipinski definition) is 5. The third kappa shape index (κ3) is 6.27. The predicted molar refractivity (Wildman–Crippen MR) is 106 cm³/mol. The minimum Gasteiger partial charge on any atom is -0.335 e. The van der Waals surface area contributed by atoms with Crippen LogP contribution in [0.4, 0.5) is 10.1 Å². The van der Waals surface area contributed by atoms with E-state index >= 15 is 0 Å². The van der Waals surface area contributed by atoms with Gasteiger partial charge in [-0.25, -0.2) is 12.8 Å². The Hall–Kier alpha value is -2.00. The predicted octanol–water partition coefficient (Wildman–Crippen LogP) is 1.51. The van der Waals surface area contributed by atoms with Crippen molar-refractivity contribution in [2.24, 2.45) is 0 Å². The summed E-state index contributed by atoms with van der Waals surface area (Å²) in [4.78, 5) is 28.2. The van der Waals surface area contributed by atoms with E-state index in [4.69, 9.17) is 0 Å². The molecule has 2 rings (SSSR count). The second-order valence-corrected chi connectivity index (χ2v) is 9.57. The Bertz CT molecular complexity index is 798. The Balaban J connectivity index is 1.94. The van der Waals surface area contributed by atoms with E-state index in [0.717, 1.165) is 6.42 Å². The SMILES string of the molecule is CC[C@H](C)N(C(=O)CN(C)CC(=O)Nc1ccc(F)cc1)[C@@H]1CCS(=O)(=O)C1. The molecule has 0 unspecified atom stereocenters. The maximum atomic E-state index is 12.9. The van der Waals surface area contributed by atoms with Crippen LogP contribution >= 0.6 is 0 Å². The van der Waals surface area contributed by atoms with Gasteiger partial charge in [-0.15, -0.1) is 0 Å². The van der Waals surface area contributed by atoms with Gasteiger partial charge in [-0.05, 0) is 51.1 Å². The van der Waals surface area contributed by atoms with Crippen molar-refractivity contribution in [3.8, 4) is 0 Å². The van der Waals surface area contributed by atoms with Gasteiger partial charge in [0.25, 0.3) is 0 Å². The summed E-state index contributed by atoms with van der Waals surface area (Å²) in [5.41, 5.74) is 0.475. The Morgan fingerprint density at radius 1 is 1.25 bits per heavy atom. The Morgan fingerprint density at radius 2 is 1.89 bits per heavy atom. The fourth-order valence-electron chi connectivity index (χ4n) is 3.35. The van der Waals surface area contributed by atoms with E-state index in [1.54, 1.807) is 16.8 Å². The summed E-state index contributed by atoms with van der Waals surface area (Å²) in [5, 5.41) is 2.65. The van der Waals surface area contributed by atoms with Gasteiger partial charge in [-0.2, -0.15) is 0 Å². The highest BCUT2D eigenvalue weighted by atomic mass is 32.2. The lowest BCUT2D eigenvalue weighted by molar-refractivity contribution is -0.136. The lowest BCUT2D eigenvalue weighted by atomic mass is 10.1. The number of carbonyl (C=O) groups is 2. The van der Waals surface area contributed by atoms with Crippen LogP contribution < -0.4 is 5.32 Å². The Labute approximate surface area is 165 Å². The second kappa shape index (κ2) is 9.47. The number of sulfone groups is 1. The van der Waals surface area contributed by atoms with Crippen molar-refractivity contribution in [3.63, 3.8) is 0 Å².